The van der Waals surface area contributed by atoms with Crippen LogP contribution in [-0.2, 0) is 13.1 Å². The van der Waals surface area contributed by atoms with Crippen LogP contribution in [0.3, 0.4) is 0 Å². The lowest BCUT2D eigenvalue weighted by Gasteiger charge is -2.14. The second-order valence-corrected chi connectivity index (χ2v) is 10.4. The van der Waals surface area contributed by atoms with E-state index in [2.05, 4.69) is 4.98 Å². The number of hydrogen-bond donors (Lipinski definition) is 1. The fourth-order valence-corrected chi connectivity index (χ4v) is 5.33. The molecule has 226 valence electrons. The number of carbonyl (C=O) groups is 2. The summed E-state index contributed by atoms with van der Waals surface area (Å²) < 4.78 is 23.1. The Morgan fingerprint density at radius 2 is 1.67 bits per heavy atom. The Hall–Kier alpha value is -5.84. The van der Waals surface area contributed by atoms with E-state index >= 15 is 0 Å². The number of ketones is 1. The zero-order valence-electron chi connectivity index (χ0n) is 24.1. The minimum atomic E-state index is -1.08. The normalized spacial score (nSPS) is 11.2. The highest BCUT2D eigenvalue weighted by Crippen LogP contribution is 2.27. The first kappa shape index (κ1) is 29.2. The Morgan fingerprint density at radius 1 is 0.867 bits per heavy atom. The van der Waals surface area contributed by atoms with Gasteiger partial charge in [-0.15, -0.1) is 0 Å². The van der Waals surface area contributed by atoms with Gasteiger partial charge in [0.25, 0.3) is 5.56 Å². The third kappa shape index (κ3) is 5.51. The number of aromatic carboxylic acids is 1. The van der Waals surface area contributed by atoms with E-state index in [4.69, 9.17) is 4.74 Å². The number of carboxylic acid groups (broad SMARTS) is 1. The van der Waals surface area contributed by atoms with Crippen LogP contribution in [0.15, 0.2) is 101 Å². The summed E-state index contributed by atoms with van der Waals surface area (Å²) in [5, 5.41) is 9.66. The zero-order valence-corrected chi connectivity index (χ0v) is 24.1. The van der Waals surface area contributed by atoms with Crippen molar-refractivity contribution in [1.82, 2.24) is 18.5 Å². The topological polar surface area (TPSA) is 125 Å². The first-order chi connectivity index (χ1) is 21.8. The highest BCUT2D eigenvalue weighted by atomic mass is 19.1. The fourth-order valence-electron chi connectivity index (χ4n) is 5.33. The van der Waals surface area contributed by atoms with Gasteiger partial charge in [-0.2, -0.15) is 0 Å². The Labute approximate surface area is 255 Å². The van der Waals surface area contributed by atoms with E-state index in [1.807, 2.05) is 6.92 Å². The van der Waals surface area contributed by atoms with Crippen LogP contribution in [0.5, 0.6) is 5.75 Å². The molecule has 1 N–H and O–H groups in total. The molecule has 6 rings (SSSR count). The molecule has 0 atom stereocenters. The molecule has 0 amide bonds. The summed E-state index contributed by atoms with van der Waals surface area (Å²) in [6, 6.07) is 21.7. The van der Waals surface area contributed by atoms with Crippen molar-refractivity contribution in [2.45, 2.75) is 26.4 Å². The lowest BCUT2D eigenvalue weighted by molar-refractivity contribution is 0.0696. The number of aryl methyl sites for hydroxylation is 1. The van der Waals surface area contributed by atoms with Gasteiger partial charge >= 0.3 is 11.7 Å². The number of nitrogens with zero attached hydrogens (tertiary/aromatic N) is 4. The van der Waals surface area contributed by atoms with E-state index in [0.29, 0.717) is 41.0 Å². The number of rotatable bonds is 10. The molecule has 3 aromatic heterocycles. The molecule has 45 heavy (non-hydrogen) atoms. The monoisotopic (exact) mass is 606 g/mol. The molecule has 0 unspecified atom stereocenters. The molecule has 0 aliphatic carbocycles. The molecule has 0 fully saturated rings. The third-order valence-corrected chi connectivity index (χ3v) is 7.47. The summed E-state index contributed by atoms with van der Waals surface area (Å²) in [4.78, 5) is 57.2. The lowest BCUT2D eigenvalue weighted by atomic mass is 10.1. The third-order valence-electron chi connectivity index (χ3n) is 7.47. The van der Waals surface area contributed by atoms with Crippen LogP contribution >= 0.6 is 0 Å². The van der Waals surface area contributed by atoms with Crippen LogP contribution in [0.25, 0.3) is 27.7 Å². The van der Waals surface area contributed by atoms with Crippen LogP contribution < -0.4 is 16.0 Å². The van der Waals surface area contributed by atoms with E-state index in [0.717, 1.165) is 4.57 Å². The van der Waals surface area contributed by atoms with E-state index < -0.39 is 28.8 Å². The Bertz CT molecular complexity index is 2220. The molecule has 0 spiro atoms. The number of imidazole rings is 1. The first-order valence-corrected chi connectivity index (χ1v) is 14.3. The maximum Gasteiger partial charge on any atom is 0.335 e. The van der Waals surface area contributed by atoms with Gasteiger partial charge in [-0.3, -0.25) is 23.1 Å². The number of halogens is 1. The minimum absolute atomic E-state index is 0.0110. The number of benzene rings is 3. The number of pyridine rings is 1. The first-order valence-electron chi connectivity index (χ1n) is 14.3. The number of fused-ring (bicyclic) bond motifs is 2. The van der Waals surface area contributed by atoms with E-state index in [1.54, 1.807) is 53.1 Å². The molecule has 10 nitrogen and oxygen atoms in total. The van der Waals surface area contributed by atoms with Crippen molar-refractivity contribution in [3.63, 3.8) is 0 Å². The van der Waals surface area contributed by atoms with Crippen LogP contribution in [-0.4, -0.2) is 42.0 Å². The van der Waals surface area contributed by atoms with Crippen LogP contribution in [0.4, 0.5) is 4.39 Å². The molecule has 6 aromatic rings. The smallest absolute Gasteiger partial charge is 0.335 e. The number of aromatic nitrogens is 4. The predicted molar refractivity (Wildman–Crippen MR) is 166 cm³/mol. The molecule has 0 saturated carbocycles. The van der Waals surface area contributed by atoms with Gasteiger partial charge in [-0.25, -0.2) is 19.0 Å². The van der Waals surface area contributed by atoms with E-state index in [1.165, 1.54) is 47.0 Å². The minimum Gasteiger partial charge on any atom is -0.492 e. The fraction of sp³-hybridized carbons (Fsp3) is 0.147. The van der Waals surface area contributed by atoms with Crippen LogP contribution in [0, 0.1) is 5.82 Å². The van der Waals surface area contributed by atoms with Crippen molar-refractivity contribution < 1.29 is 23.8 Å². The molecule has 3 heterocycles. The van der Waals surface area contributed by atoms with Gasteiger partial charge in [0, 0.05) is 23.9 Å². The van der Waals surface area contributed by atoms with Crippen LogP contribution in [0.1, 0.15) is 39.9 Å². The molecular formula is C34H27FN4O6. The van der Waals surface area contributed by atoms with Crippen molar-refractivity contribution in [3.8, 4) is 17.0 Å². The van der Waals surface area contributed by atoms with Gasteiger partial charge in [-0.05, 0) is 73.2 Å². The summed E-state index contributed by atoms with van der Waals surface area (Å²) in [6.07, 6.45) is 2.32. The van der Waals surface area contributed by atoms with Gasteiger partial charge in [0.15, 0.2) is 5.82 Å². The maximum absolute atomic E-state index is 13.9. The highest BCUT2D eigenvalue weighted by Gasteiger charge is 2.22. The largest absolute Gasteiger partial charge is 0.492 e. The van der Waals surface area contributed by atoms with Crippen molar-refractivity contribution in [3.05, 3.63) is 135 Å². The molecule has 0 aliphatic heterocycles. The van der Waals surface area contributed by atoms with Crippen molar-refractivity contribution in [1.29, 1.82) is 0 Å². The van der Waals surface area contributed by atoms with Crippen LogP contribution in [0.2, 0.25) is 0 Å². The summed E-state index contributed by atoms with van der Waals surface area (Å²) in [6.45, 7) is 2.20. The van der Waals surface area contributed by atoms with Crippen molar-refractivity contribution in [2.75, 3.05) is 6.61 Å². The highest BCUT2D eigenvalue weighted by molar-refractivity contribution is 6.09. The average molecular weight is 607 g/mol. The Morgan fingerprint density at radius 3 is 2.42 bits per heavy atom. The van der Waals surface area contributed by atoms with Crippen molar-refractivity contribution >= 4 is 28.2 Å². The molecule has 0 aliphatic rings. The van der Waals surface area contributed by atoms with Crippen molar-refractivity contribution in [2.24, 2.45) is 0 Å². The lowest BCUT2D eigenvalue weighted by Crippen LogP contribution is -2.41. The second-order valence-electron chi connectivity index (χ2n) is 10.4. The van der Waals surface area contributed by atoms with Gasteiger partial charge in [0.2, 0.25) is 5.78 Å². The standard InChI is InChI=1S/C34H27FN4O6/c1-2-15-38-27-14-9-22(20-26(27)32(41)39(34(38)44)17-18-45-25-12-10-24(35)11-13-25)30(40)31-36-29(28-8-3-4-16-37(28)31)21-6-5-7-23(19-21)33(42)43/h3-14,16,19-20H,2,15,17-18H2,1H3,(H,42,43). The van der Waals surface area contributed by atoms with E-state index in [-0.39, 0.29) is 35.5 Å². The predicted octanol–water partition coefficient (Wildman–Crippen LogP) is 5.04. The van der Waals surface area contributed by atoms with Gasteiger partial charge in [0.1, 0.15) is 18.2 Å². The maximum atomic E-state index is 13.9. The number of ether oxygens (including phenoxy) is 1. The molecule has 0 radical (unpaired) electrons. The zero-order chi connectivity index (χ0) is 31.7. The average Bonchev–Trinajstić information content (AvgIpc) is 3.45. The Balaban J connectivity index is 1.41. The molecule has 0 bridgehead atoms. The van der Waals surface area contributed by atoms with Gasteiger partial charge in [-0.1, -0.05) is 25.1 Å². The summed E-state index contributed by atoms with van der Waals surface area (Å²) in [5.74, 6) is -1.48. The van der Waals surface area contributed by atoms with Gasteiger partial charge < -0.3 is 9.84 Å². The SMILES string of the molecule is CCCn1c(=O)n(CCOc2ccc(F)cc2)c(=O)c2cc(C(=O)c3nc(-c4cccc(C(=O)O)c4)c4ccccn34)ccc21. The van der Waals surface area contributed by atoms with E-state index in [9.17, 15) is 28.7 Å². The quantitative estimate of drug-likeness (QED) is 0.217. The molecule has 3 aromatic carbocycles. The second kappa shape index (κ2) is 12.0. The van der Waals surface area contributed by atoms with Gasteiger partial charge in [0.05, 0.1) is 34.2 Å². The summed E-state index contributed by atoms with van der Waals surface area (Å²) in [7, 11) is 0. The molecule has 0 saturated heterocycles. The number of carboxylic acids is 1. The number of hydrogen-bond acceptors (Lipinski definition) is 6. The molecule has 11 heteroatoms. The number of carbonyl (C=O) groups excluding carboxylic acids is 1. The molecular weight excluding hydrogens is 579 g/mol. The summed E-state index contributed by atoms with van der Waals surface area (Å²) >= 11 is 0. The summed E-state index contributed by atoms with van der Waals surface area (Å²) in [5.41, 5.74) is 1.18. The Kier molecular flexibility index (Phi) is 7.82.